The number of piperidine rings is 1. The van der Waals surface area contributed by atoms with Crippen molar-refractivity contribution >= 4 is 12.0 Å². The lowest BCUT2D eigenvalue weighted by Crippen LogP contribution is -2.57. The number of carbonyl (C=O) groups excluding carboxylic acids is 1. The van der Waals surface area contributed by atoms with E-state index < -0.39 is 11.7 Å². The smallest absolute Gasteiger partial charge is 0.416 e. The van der Waals surface area contributed by atoms with Crippen molar-refractivity contribution in [3.05, 3.63) is 47.3 Å². The number of hydrogen-bond acceptors (Lipinski definition) is 6. The molecule has 10 heteroatoms. The Morgan fingerprint density at radius 2 is 1.72 bits per heavy atom. The fourth-order valence-electron chi connectivity index (χ4n) is 4.93. The van der Waals surface area contributed by atoms with Gasteiger partial charge in [0.25, 0.3) is 0 Å². The minimum absolute atomic E-state index is 0.0993. The van der Waals surface area contributed by atoms with Crippen LogP contribution in [0.4, 0.5) is 23.9 Å². The lowest BCUT2D eigenvalue weighted by Gasteiger charge is -2.47. The standard InChI is InChI=1S/C26H35F3N4O3/c1-6-20-11-22(12-21(7-2)33(20)25(35)36-16(3)4)32(24-30-13-23(34)14-31-24)15-18-8-17(5)9-19(10-18)26(27,28)29/h8-10,13-14,16,20-22,34H,6-7,11-12,15H2,1-5H3/t20-,21+,22+. The van der Waals surface area contributed by atoms with Crippen LogP contribution in [0.3, 0.4) is 0 Å². The number of hydrogen-bond donors (Lipinski definition) is 1. The van der Waals surface area contributed by atoms with Gasteiger partial charge in [-0.1, -0.05) is 25.5 Å². The second-order valence-corrected chi connectivity index (χ2v) is 9.66. The highest BCUT2D eigenvalue weighted by Gasteiger charge is 2.41. The molecule has 3 atom stereocenters. The number of carbonyl (C=O) groups is 1. The van der Waals surface area contributed by atoms with Gasteiger partial charge in [-0.05, 0) is 64.2 Å². The van der Waals surface area contributed by atoms with E-state index in [9.17, 15) is 23.1 Å². The van der Waals surface area contributed by atoms with Crippen LogP contribution in [-0.2, 0) is 17.5 Å². The van der Waals surface area contributed by atoms with Gasteiger partial charge in [-0.15, -0.1) is 0 Å². The Labute approximate surface area is 210 Å². The minimum atomic E-state index is -4.45. The van der Waals surface area contributed by atoms with E-state index in [1.165, 1.54) is 12.4 Å². The number of aromatic hydroxyl groups is 1. The van der Waals surface area contributed by atoms with Crippen LogP contribution in [0.5, 0.6) is 5.75 Å². The number of anilines is 1. The summed E-state index contributed by atoms with van der Waals surface area (Å²) in [6.45, 7) is 9.43. The number of amides is 1. The zero-order chi connectivity index (χ0) is 26.6. The lowest BCUT2D eigenvalue weighted by molar-refractivity contribution is -0.137. The first-order chi connectivity index (χ1) is 16.9. The molecule has 0 aliphatic carbocycles. The third-order valence-corrected chi connectivity index (χ3v) is 6.50. The molecule has 1 fully saturated rings. The second-order valence-electron chi connectivity index (χ2n) is 9.66. The van der Waals surface area contributed by atoms with Crippen LogP contribution in [0.25, 0.3) is 0 Å². The highest BCUT2D eigenvalue weighted by molar-refractivity contribution is 5.69. The molecule has 2 heterocycles. The van der Waals surface area contributed by atoms with Crippen LogP contribution in [0.2, 0.25) is 0 Å². The fraction of sp³-hybridized carbons (Fsp3) is 0.577. The molecular weight excluding hydrogens is 473 g/mol. The van der Waals surface area contributed by atoms with Crippen LogP contribution >= 0.6 is 0 Å². The van der Waals surface area contributed by atoms with E-state index >= 15 is 0 Å². The van der Waals surface area contributed by atoms with Crippen molar-refractivity contribution in [1.29, 1.82) is 0 Å². The van der Waals surface area contributed by atoms with Gasteiger partial charge >= 0.3 is 12.3 Å². The number of aryl methyl sites for hydroxylation is 1. The zero-order valence-electron chi connectivity index (χ0n) is 21.4. The van der Waals surface area contributed by atoms with Gasteiger partial charge in [0.05, 0.1) is 24.1 Å². The first-order valence-electron chi connectivity index (χ1n) is 12.4. The van der Waals surface area contributed by atoms with E-state index in [2.05, 4.69) is 9.97 Å². The molecule has 1 N–H and O–H groups in total. The Hall–Kier alpha value is -3.04. The van der Waals surface area contributed by atoms with Gasteiger partial charge in [0, 0.05) is 24.7 Å². The SMILES string of the molecule is CC[C@@H]1C[C@H](N(Cc2cc(C)cc(C(F)(F)F)c2)c2ncc(O)cn2)C[C@H](CC)N1C(=O)OC(C)C. The Kier molecular flexibility index (Phi) is 8.68. The zero-order valence-corrected chi connectivity index (χ0v) is 21.4. The molecule has 3 rings (SSSR count). The van der Waals surface area contributed by atoms with Crippen molar-refractivity contribution in [1.82, 2.24) is 14.9 Å². The summed E-state index contributed by atoms with van der Waals surface area (Å²) in [7, 11) is 0. The molecule has 7 nitrogen and oxygen atoms in total. The molecule has 198 valence electrons. The average Bonchev–Trinajstić information content (AvgIpc) is 2.81. The molecular formula is C26H35F3N4O3. The maximum Gasteiger partial charge on any atom is 0.416 e. The molecule has 36 heavy (non-hydrogen) atoms. The van der Waals surface area contributed by atoms with Crippen molar-refractivity contribution in [2.75, 3.05) is 4.90 Å². The number of alkyl halides is 3. The van der Waals surface area contributed by atoms with E-state index in [1.807, 2.05) is 37.5 Å². The van der Waals surface area contributed by atoms with Gasteiger partial charge in [0.1, 0.15) is 0 Å². The van der Waals surface area contributed by atoms with E-state index in [0.717, 1.165) is 12.1 Å². The van der Waals surface area contributed by atoms with Crippen LogP contribution in [0.15, 0.2) is 30.6 Å². The molecule has 0 saturated carbocycles. The Morgan fingerprint density at radius 3 is 2.22 bits per heavy atom. The van der Waals surface area contributed by atoms with Gasteiger partial charge < -0.3 is 19.6 Å². The summed E-state index contributed by atoms with van der Waals surface area (Å²) in [4.78, 5) is 25.2. The summed E-state index contributed by atoms with van der Waals surface area (Å²) in [6.07, 6.45) is 0.0840. The molecule has 1 aromatic carbocycles. The first kappa shape index (κ1) is 27.5. The van der Waals surface area contributed by atoms with E-state index in [4.69, 9.17) is 4.74 Å². The monoisotopic (exact) mass is 508 g/mol. The van der Waals surface area contributed by atoms with E-state index in [-0.39, 0.29) is 42.6 Å². The maximum absolute atomic E-state index is 13.5. The number of rotatable bonds is 7. The van der Waals surface area contributed by atoms with E-state index in [0.29, 0.717) is 42.8 Å². The lowest BCUT2D eigenvalue weighted by atomic mass is 9.87. The third kappa shape index (κ3) is 6.59. The third-order valence-electron chi connectivity index (χ3n) is 6.50. The Balaban J connectivity index is 1.98. The van der Waals surface area contributed by atoms with Gasteiger partial charge in [-0.3, -0.25) is 0 Å². The van der Waals surface area contributed by atoms with Crippen molar-refractivity contribution in [3.8, 4) is 5.75 Å². The molecule has 1 saturated heterocycles. The van der Waals surface area contributed by atoms with Gasteiger partial charge in [0.2, 0.25) is 5.95 Å². The van der Waals surface area contributed by atoms with Crippen molar-refractivity contribution in [3.63, 3.8) is 0 Å². The number of likely N-dealkylation sites (tertiary alicyclic amines) is 1. The number of nitrogens with zero attached hydrogens (tertiary/aromatic N) is 4. The fourth-order valence-corrected chi connectivity index (χ4v) is 4.93. The number of benzene rings is 1. The molecule has 0 radical (unpaired) electrons. The maximum atomic E-state index is 13.5. The Bertz CT molecular complexity index is 1020. The normalized spacial score (nSPS) is 20.5. The summed E-state index contributed by atoms with van der Waals surface area (Å²) in [5.41, 5.74) is 0.297. The minimum Gasteiger partial charge on any atom is -0.505 e. The molecule has 2 aromatic rings. The summed E-state index contributed by atoms with van der Waals surface area (Å²) in [6, 6.07) is 3.66. The quantitative estimate of drug-likeness (QED) is 0.488. The summed E-state index contributed by atoms with van der Waals surface area (Å²) in [5, 5.41) is 9.70. The summed E-state index contributed by atoms with van der Waals surface area (Å²) < 4.78 is 46.0. The predicted octanol–water partition coefficient (Wildman–Crippen LogP) is 6.08. The molecule has 1 amide bonds. The van der Waals surface area contributed by atoms with E-state index in [1.54, 1.807) is 13.0 Å². The van der Waals surface area contributed by atoms with Crippen molar-refractivity contribution in [2.24, 2.45) is 0 Å². The number of halogens is 3. The highest BCUT2D eigenvalue weighted by Crippen LogP contribution is 2.35. The molecule has 0 spiro atoms. The number of aromatic nitrogens is 2. The first-order valence-corrected chi connectivity index (χ1v) is 12.4. The average molecular weight is 509 g/mol. The van der Waals surface area contributed by atoms with Crippen molar-refractivity contribution < 1.29 is 27.8 Å². The molecule has 1 aliphatic heterocycles. The van der Waals surface area contributed by atoms with Crippen LogP contribution < -0.4 is 4.90 Å². The molecule has 1 aliphatic rings. The largest absolute Gasteiger partial charge is 0.505 e. The van der Waals surface area contributed by atoms with Crippen LogP contribution in [-0.4, -0.2) is 50.3 Å². The molecule has 0 unspecified atom stereocenters. The van der Waals surface area contributed by atoms with Gasteiger partial charge in [-0.25, -0.2) is 14.8 Å². The van der Waals surface area contributed by atoms with Crippen LogP contribution in [0, 0.1) is 6.92 Å². The highest BCUT2D eigenvalue weighted by atomic mass is 19.4. The van der Waals surface area contributed by atoms with Gasteiger partial charge in [0.15, 0.2) is 5.75 Å². The topological polar surface area (TPSA) is 78.8 Å². The Morgan fingerprint density at radius 1 is 1.14 bits per heavy atom. The number of ether oxygens (including phenoxy) is 1. The van der Waals surface area contributed by atoms with Crippen LogP contribution in [0.1, 0.15) is 70.1 Å². The summed E-state index contributed by atoms with van der Waals surface area (Å²) in [5.74, 6) is 0.216. The molecule has 0 bridgehead atoms. The van der Waals surface area contributed by atoms with Crippen molar-refractivity contribution in [2.45, 2.75) is 97.3 Å². The second kappa shape index (κ2) is 11.3. The predicted molar refractivity (Wildman–Crippen MR) is 131 cm³/mol. The van der Waals surface area contributed by atoms with Gasteiger partial charge in [-0.2, -0.15) is 13.2 Å². The molecule has 1 aromatic heterocycles. The summed E-state index contributed by atoms with van der Waals surface area (Å²) >= 11 is 0.